The van der Waals surface area contributed by atoms with Crippen LogP contribution in [0.3, 0.4) is 0 Å². The number of nitrogens with zero attached hydrogens (tertiary/aromatic N) is 3. The lowest BCUT2D eigenvalue weighted by Crippen LogP contribution is -2.07. The average Bonchev–Trinajstić information content (AvgIpc) is 2.76. The van der Waals surface area contributed by atoms with Gasteiger partial charge in [-0.2, -0.15) is 0 Å². The van der Waals surface area contributed by atoms with Crippen molar-refractivity contribution in [3.8, 4) is 0 Å². The summed E-state index contributed by atoms with van der Waals surface area (Å²) in [7, 11) is 0. The molecule has 5 heteroatoms. The molecule has 0 saturated carbocycles. The highest BCUT2D eigenvalue weighted by Gasteiger charge is 2.01. The molecule has 0 aliphatic rings. The van der Waals surface area contributed by atoms with Gasteiger partial charge in [0.2, 0.25) is 0 Å². The maximum atomic E-state index is 5.61. The van der Waals surface area contributed by atoms with E-state index in [2.05, 4.69) is 22.4 Å². The van der Waals surface area contributed by atoms with Crippen molar-refractivity contribution >= 4 is 11.4 Å². The first-order chi connectivity index (χ1) is 7.79. The largest absolute Gasteiger partial charge is 0.399 e. The van der Waals surface area contributed by atoms with Gasteiger partial charge in [0.1, 0.15) is 6.33 Å². The van der Waals surface area contributed by atoms with E-state index in [9.17, 15) is 0 Å². The number of aromatic nitrogens is 3. The van der Waals surface area contributed by atoms with E-state index in [1.54, 1.807) is 6.33 Å². The highest BCUT2D eigenvalue weighted by molar-refractivity contribution is 5.51. The fraction of sp³-hybridized carbons (Fsp3) is 0.273. The molecule has 0 radical (unpaired) electrons. The van der Waals surface area contributed by atoms with Gasteiger partial charge >= 0.3 is 0 Å². The molecule has 0 saturated heterocycles. The third-order valence-corrected chi connectivity index (χ3v) is 2.40. The van der Waals surface area contributed by atoms with Gasteiger partial charge in [0.05, 0.1) is 6.54 Å². The number of nitrogens with one attached hydrogen (secondary N) is 1. The smallest absolute Gasteiger partial charge is 0.152 e. The number of aryl methyl sites for hydroxylation is 1. The Bertz CT molecular complexity index is 446. The summed E-state index contributed by atoms with van der Waals surface area (Å²) >= 11 is 0. The Morgan fingerprint density at radius 3 is 2.75 bits per heavy atom. The van der Waals surface area contributed by atoms with Crippen molar-refractivity contribution in [2.75, 3.05) is 11.1 Å². The van der Waals surface area contributed by atoms with Crippen LogP contribution in [0.5, 0.6) is 0 Å². The molecule has 84 valence electrons. The highest BCUT2D eigenvalue weighted by atomic mass is 15.3. The minimum absolute atomic E-state index is 0.664. The monoisotopic (exact) mass is 217 g/mol. The second-order valence-electron chi connectivity index (χ2n) is 3.51. The van der Waals surface area contributed by atoms with Gasteiger partial charge in [0.15, 0.2) is 5.82 Å². The van der Waals surface area contributed by atoms with Crippen molar-refractivity contribution in [3.05, 3.63) is 36.4 Å². The second-order valence-corrected chi connectivity index (χ2v) is 3.51. The zero-order valence-electron chi connectivity index (χ0n) is 9.22. The molecule has 0 atom stereocenters. The Morgan fingerprint density at radius 2 is 2.06 bits per heavy atom. The van der Waals surface area contributed by atoms with E-state index in [4.69, 9.17) is 5.73 Å². The maximum Gasteiger partial charge on any atom is 0.152 e. The van der Waals surface area contributed by atoms with Crippen molar-refractivity contribution < 1.29 is 0 Å². The molecule has 0 unspecified atom stereocenters. The van der Waals surface area contributed by atoms with E-state index in [1.807, 2.05) is 28.8 Å². The lowest BCUT2D eigenvalue weighted by atomic mass is 10.3. The van der Waals surface area contributed by atoms with E-state index in [0.29, 0.717) is 6.54 Å². The average molecular weight is 217 g/mol. The first-order valence-corrected chi connectivity index (χ1v) is 5.25. The SMILES string of the molecule is CCn1cnnc1CNc1ccc(N)cc1. The number of nitrogens with two attached hydrogens (primary N) is 1. The Hall–Kier alpha value is -2.04. The van der Waals surface area contributed by atoms with Crippen molar-refractivity contribution in [2.24, 2.45) is 0 Å². The topological polar surface area (TPSA) is 68.8 Å². The molecule has 0 bridgehead atoms. The summed E-state index contributed by atoms with van der Waals surface area (Å²) in [5.74, 6) is 0.930. The van der Waals surface area contributed by atoms with Gasteiger partial charge in [-0.05, 0) is 31.2 Å². The summed E-state index contributed by atoms with van der Waals surface area (Å²) in [5, 5.41) is 11.2. The molecule has 0 aliphatic carbocycles. The number of hydrogen-bond donors (Lipinski definition) is 2. The van der Waals surface area contributed by atoms with Gasteiger partial charge in [0.25, 0.3) is 0 Å². The molecule has 1 heterocycles. The predicted octanol–water partition coefficient (Wildman–Crippen LogP) is 1.49. The van der Waals surface area contributed by atoms with Gasteiger partial charge in [-0.3, -0.25) is 0 Å². The third-order valence-electron chi connectivity index (χ3n) is 2.40. The van der Waals surface area contributed by atoms with Crippen LogP contribution in [0.4, 0.5) is 11.4 Å². The predicted molar refractivity (Wildman–Crippen MR) is 63.9 cm³/mol. The fourth-order valence-corrected chi connectivity index (χ4v) is 1.46. The molecular formula is C11H15N5. The molecule has 1 aromatic carbocycles. The van der Waals surface area contributed by atoms with Crippen LogP contribution in [0.15, 0.2) is 30.6 Å². The summed E-state index contributed by atoms with van der Waals surface area (Å²) in [6.45, 7) is 3.61. The summed E-state index contributed by atoms with van der Waals surface area (Å²) in [6, 6.07) is 7.63. The Labute approximate surface area is 94.3 Å². The molecule has 0 aliphatic heterocycles. The normalized spacial score (nSPS) is 10.3. The van der Waals surface area contributed by atoms with Crippen LogP contribution in [0.1, 0.15) is 12.7 Å². The van der Waals surface area contributed by atoms with Crippen LogP contribution in [-0.2, 0) is 13.1 Å². The molecule has 1 aromatic heterocycles. The number of rotatable bonds is 4. The number of hydrogen-bond acceptors (Lipinski definition) is 4. The Kier molecular flexibility index (Phi) is 3.05. The molecule has 0 amide bonds. The van der Waals surface area contributed by atoms with Crippen LogP contribution in [-0.4, -0.2) is 14.8 Å². The van der Waals surface area contributed by atoms with Crippen LogP contribution in [0.25, 0.3) is 0 Å². The molecule has 2 aromatic rings. The molecule has 2 rings (SSSR count). The van der Waals surface area contributed by atoms with Gasteiger partial charge in [0, 0.05) is 17.9 Å². The standard InChI is InChI=1S/C11H15N5/c1-2-16-8-14-15-11(16)7-13-10-5-3-9(12)4-6-10/h3-6,8,13H,2,7,12H2,1H3. The fourth-order valence-electron chi connectivity index (χ4n) is 1.46. The lowest BCUT2D eigenvalue weighted by molar-refractivity contribution is 0.708. The van der Waals surface area contributed by atoms with Crippen molar-refractivity contribution in [3.63, 3.8) is 0 Å². The maximum absolute atomic E-state index is 5.61. The minimum Gasteiger partial charge on any atom is -0.399 e. The molecule has 3 N–H and O–H groups in total. The van der Waals surface area contributed by atoms with Gasteiger partial charge in [-0.25, -0.2) is 0 Å². The van der Waals surface area contributed by atoms with Crippen molar-refractivity contribution in [1.82, 2.24) is 14.8 Å². The minimum atomic E-state index is 0.664. The summed E-state index contributed by atoms with van der Waals surface area (Å²) < 4.78 is 2.00. The first kappa shape index (κ1) is 10.5. The molecule has 0 spiro atoms. The molecule has 0 fully saturated rings. The Morgan fingerprint density at radius 1 is 1.31 bits per heavy atom. The molecular weight excluding hydrogens is 202 g/mol. The zero-order valence-corrected chi connectivity index (χ0v) is 9.22. The zero-order chi connectivity index (χ0) is 11.4. The summed E-state index contributed by atoms with van der Waals surface area (Å²) in [5.41, 5.74) is 7.40. The number of anilines is 2. The van der Waals surface area contributed by atoms with Gasteiger partial charge < -0.3 is 15.6 Å². The first-order valence-electron chi connectivity index (χ1n) is 5.25. The Balaban J connectivity index is 1.99. The number of nitrogen functional groups attached to an aromatic ring is 1. The molecule has 5 nitrogen and oxygen atoms in total. The van der Waals surface area contributed by atoms with Crippen LogP contribution in [0, 0.1) is 0 Å². The van der Waals surface area contributed by atoms with Crippen LogP contribution < -0.4 is 11.1 Å². The molecule has 16 heavy (non-hydrogen) atoms. The highest BCUT2D eigenvalue weighted by Crippen LogP contribution is 2.11. The van der Waals surface area contributed by atoms with Gasteiger partial charge in [-0.15, -0.1) is 10.2 Å². The van der Waals surface area contributed by atoms with E-state index in [-0.39, 0.29) is 0 Å². The van der Waals surface area contributed by atoms with E-state index in [1.165, 1.54) is 0 Å². The lowest BCUT2D eigenvalue weighted by Gasteiger charge is -2.06. The number of benzene rings is 1. The van der Waals surface area contributed by atoms with E-state index in [0.717, 1.165) is 23.7 Å². The van der Waals surface area contributed by atoms with Crippen molar-refractivity contribution in [2.45, 2.75) is 20.0 Å². The van der Waals surface area contributed by atoms with Crippen LogP contribution in [0.2, 0.25) is 0 Å². The quantitative estimate of drug-likeness (QED) is 0.761. The summed E-state index contributed by atoms with van der Waals surface area (Å²) in [6.07, 6.45) is 1.74. The van der Waals surface area contributed by atoms with Crippen LogP contribution >= 0.6 is 0 Å². The van der Waals surface area contributed by atoms with E-state index >= 15 is 0 Å². The van der Waals surface area contributed by atoms with Crippen molar-refractivity contribution in [1.29, 1.82) is 0 Å². The third kappa shape index (κ3) is 2.31. The second kappa shape index (κ2) is 4.65. The summed E-state index contributed by atoms with van der Waals surface area (Å²) in [4.78, 5) is 0. The van der Waals surface area contributed by atoms with Gasteiger partial charge in [-0.1, -0.05) is 0 Å². The van der Waals surface area contributed by atoms with E-state index < -0.39 is 0 Å².